The van der Waals surface area contributed by atoms with E-state index in [1.807, 2.05) is 4.57 Å². The van der Waals surface area contributed by atoms with Gasteiger partial charge in [0.25, 0.3) is 0 Å². The Labute approximate surface area is 148 Å². The fourth-order valence-electron chi connectivity index (χ4n) is 3.31. The van der Waals surface area contributed by atoms with Crippen molar-refractivity contribution in [2.24, 2.45) is 5.92 Å². The van der Waals surface area contributed by atoms with E-state index >= 15 is 0 Å². The molecule has 1 fully saturated rings. The predicted molar refractivity (Wildman–Crippen MR) is 90.8 cm³/mol. The second kappa shape index (κ2) is 7.84. The summed E-state index contributed by atoms with van der Waals surface area (Å²) in [6, 6.07) is -0.0467. The second-order valence-corrected chi connectivity index (χ2v) is 9.02. The molecule has 1 amide bonds. The van der Waals surface area contributed by atoms with Crippen LogP contribution in [0.25, 0.3) is 0 Å². The highest BCUT2D eigenvalue weighted by Crippen LogP contribution is 2.22. The number of ether oxygens (including phenoxy) is 2. The Morgan fingerprint density at radius 2 is 2.12 bits per heavy atom. The maximum absolute atomic E-state index is 12.3. The van der Waals surface area contributed by atoms with Crippen LogP contribution in [-0.2, 0) is 30.7 Å². The van der Waals surface area contributed by atoms with Crippen LogP contribution in [-0.4, -0.2) is 73.8 Å². The molecular weight excluding hydrogens is 346 g/mol. The summed E-state index contributed by atoms with van der Waals surface area (Å²) in [5.41, 5.74) is 0.896. The van der Waals surface area contributed by atoms with Crippen LogP contribution in [0.15, 0.2) is 12.5 Å². The first-order chi connectivity index (χ1) is 11.9. The number of amides is 1. The number of carbonyl (C=O) groups excluding carboxylic acids is 1. The molecule has 8 nitrogen and oxygen atoms in total. The lowest BCUT2D eigenvalue weighted by molar-refractivity contribution is -0.130. The number of aromatic nitrogens is 2. The lowest BCUT2D eigenvalue weighted by Gasteiger charge is -2.34. The molecule has 1 saturated heterocycles. The zero-order valence-corrected chi connectivity index (χ0v) is 15.3. The van der Waals surface area contributed by atoms with E-state index in [4.69, 9.17) is 9.47 Å². The molecule has 0 saturated carbocycles. The molecule has 3 heterocycles. The van der Waals surface area contributed by atoms with Crippen molar-refractivity contribution < 1.29 is 22.7 Å². The first kappa shape index (κ1) is 18.3. The van der Waals surface area contributed by atoms with Gasteiger partial charge in [-0.25, -0.2) is 13.4 Å². The molecule has 0 aliphatic carbocycles. The van der Waals surface area contributed by atoms with E-state index in [-0.39, 0.29) is 11.9 Å². The molecule has 1 atom stereocenters. The Morgan fingerprint density at radius 3 is 2.84 bits per heavy atom. The van der Waals surface area contributed by atoms with Gasteiger partial charge in [-0.3, -0.25) is 4.79 Å². The molecule has 1 aromatic rings. The van der Waals surface area contributed by atoms with Gasteiger partial charge >= 0.3 is 0 Å². The summed E-state index contributed by atoms with van der Waals surface area (Å²) < 4.78 is 36.1. The van der Waals surface area contributed by atoms with Crippen LogP contribution in [0.5, 0.6) is 0 Å². The topological polar surface area (TPSA) is 90.7 Å². The van der Waals surface area contributed by atoms with Crippen LogP contribution in [0.3, 0.4) is 0 Å². The Hall–Kier alpha value is -1.45. The Bertz CT molecular complexity index is 696. The number of rotatable bonds is 6. The maximum Gasteiger partial charge on any atom is 0.238 e. The molecule has 0 bridgehead atoms. The first-order valence-electron chi connectivity index (χ1n) is 8.54. The summed E-state index contributed by atoms with van der Waals surface area (Å²) in [6.45, 7) is 3.55. The van der Waals surface area contributed by atoms with Crippen LogP contribution in [0.4, 0.5) is 0 Å². The molecule has 1 aromatic heterocycles. The highest BCUT2D eigenvalue weighted by Gasteiger charge is 2.29. The standard InChI is InChI=1S/C16H25N3O5S/c1-25(21,22)11-16(20)18-7-14-6-17-12-19(14)15(8-18)10-24-9-13-2-4-23-5-3-13/h6,12-13,15H,2-5,7-11H2,1H3/t15-/m0/s1. The lowest BCUT2D eigenvalue weighted by atomic mass is 10.0. The van der Waals surface area contributed by atoms with Gasteiger partial charge in [0.15, 0.2) is 9.84 Å². The molecule has 2 aliphatic rings. The van der Waals surface area contributed by atoms with Gasteiger partial charge in [0, 0.05) is 38.8 Å². The van der Waals surface area contributed by atoms with E-state index in [1.54, 1.807) is 17.4 Å². The quantitative estimate of drug-likeness (QED) is 0.712. The van der Waals surface area contributed by atoms with Crippen LogP contribution < -0.4 is 0 Å². The average molecular weight is 371 g/mol. The van der Waals surface area contributed by atoms with Crippen molar-refractivity contribution in [3.05, 3.63) is 18.2 Å². The summed E-state index contributed by atoms with van der Waals surface area (Å²) in [6.07, 6.45) is 6.56. The number of fused-ring (bicyclic) bond motifs is 1. The first-order valence-corrected chi connectivity index (χ1v) is 10.6. The molecule has 0 aromatic carbocycles. The van der Waals surface area contributed by atoms with Gasteiger partial charge in [-0.2, -0.15) is 0 Å². The van der Waals surface area contributed by atoms with Gasteiger partial charge in [0.2, 0.25) is 5.91 Å². The van der Waals surface area contributed by atoms with Crippen LogP contribution >= 0.6 is 0 Å². The zero-order valence-electron chi connectivity index (χ0n) is 14.5. The van der Waals surface area contributed by atoms with Gasteiger partial charge in [-0.05, 0) is 18.8 Å². The summed E-state index contributed by atoms with van der Waals surface area (Å²) >= 11 is 0. The number of imidazole rings is 1. The van der Waals surface area contributed by atoms with Crippen LogP contribution in [0.2, 0.25) is 0 Å². The number of hydrogen-bond acceptors (Lipinski definition) is 6. The molecule has 0 unspecified atom stereocenters. The van der Waals surface area contributed by atoms with Gasteiger partial charge in [0.05, 0.1) is 31.2 Å². The van der Waals surface area contributed by atoms with Crippen molar-refractivity contribution in [1.29, 1.82) is 0 Å². The smallest absolute Gasteiger partial charge is 0.238 e. The fourth-order valence-corrected chi connectivity index (χ4v) is 3.94. The van der Waals surface area contributed by atoms with Crippen molar-refractivity contribution >= 4 is 15.7 Å². The molecular formula is C16H25N3O5S. The minimum absolute atomic E-state index is 0.0467. The molecule has 0 radical (unpaired) electrons. The molecule has 0 spiro atoms. The van der Waals surface area contributed by atoms with Crippen molar-refractivity contribution in [2.45, 2.75) is 25.4 Å². The summed E-state index contributed by atoms with van der Waals surface area (Å²) in [7, 11) is -3.34. The van der Waals surface area contributed by atoms with Gasteiger partial charge in [-0.15, -0.1) is 0 Å². The highest BCUT2D eigenvalue weighted by atomic mass is 32.2. The Balaban J connectivity index is 1.59. The van der Waals surface area contributed by atoms with Gasteiger partial charge < -0.3 is 18.9 Å². The summed E-state index contributed by atoms with van der Waals surface area (Å²) in [5.74, 6) is -0.316. The zero-order chi connectivity index (χ0) is 17.9. The number of nitrogens with zero attached hydrogens (tertiary/aromatic N) is 3. The lowest BCUT2D eigenvalue weighted by Crippen LogP contribution is -2.44. The number of sulfone groups is 1. The predicted octanol–water partition coefficient (Wildman–Crippen LogP) is 0.254. The largest absolute Gasteiger partial charge is 0.381 e. The Morgan fingerprint density at radius 1 is 1.36 bits per heavy atom. The van der Waals surface area contributed by atoms with E-state index in [0.29, 0.717) is 32.2 Å². The fraction of sp³-hybridized carbons (Fsp3) is 0.750. The van der Waals surface area contributed by atoms with E-state index in [0.717, 1.165) is 38.0 Å². The second-order valence-electron chi connectivity index (χ2n) is 6.88. The highest BCUT2D eigenvalue weighted by molar-refractivity contribution is 7.91. The van der Waals surface area contributed by atoms with Crippen LogP contribution in [0.1, 0.15) is 24.6 Å². The minimum Gasteiger partial charge on any atom is -0.381 e. The molecule has 2 aliphatic heterocycles. The van der Waals surface area contributed by atoms with Gasteiger partial charge in [-0.1, -0.05) is 0 Å². The number of carbonyl (C=O) groups is 1. The molecule has 140 valence electrons. The van der Waals surface area contributed by atoms with Gasteiger partial charge in [0.1, 0.15) is 5.75 Å². The monoisotopic (exact) mass is 371 g/mol. The summed E-state index contributed by atoms with van der Waals surface area (Å²) in [5, 5.41) is 0. The minimum atomic E-state index is -3.34. The average Bonchev–Trinajstić information content (AvgIpc) is 3.03. The van der Waals surface area contributed by atoms with E-state index in [9.17, 15) is 13.2 Å². The third kappa shape index (κ3) is 5.02. The Kier molecular flexibility index (Phi) is 5.75. The van der Waals surface area contributed by atoms with Crippen LogP contribution in [0, 0.1) is 5.92 Å². The van der Waals surface area contributed by atoms with E-state index in [1.165, 1.54) is 0 Å². The summed E-state index contributed by atoms with van der Waals surface area (Å²) in [4.78, 5) is 18.0. The SMILES string of the molecule is CS(=O)(=O)CC(=O)N1Cc2cncn2[C@H](COCC2CCOCC2)C1. The third-order valence-electron chi connectivity index (χ3n) is 4.67. The molecule has 9 heteroatoms. The van der Waals surface area contributed by atoms with Crippen molar-refractivity contribution in [3.63, 3.8) is 0 Å². The molecule has 3 rings (SSSR count). The molecule has 25 heavy (non-hydrogen) atoms. The third-order valence-corrected chi connectivity index (χ3v) is 5.44. The maximum atomic E-state index is 12.3. The molecule has 0 N–H and O–H groups in total. The normalized spacial score (nSPS) is 22.0. The van der Waals surface area contributed by atoms with E-state index < -0.39 is 15.6 Å². The van der Waals surface area contributed by atoms with Crippen molar-refractivity contribution in [3.8, 4) is 0 Å². The van der Waals surface area contributed by atoms with E-state index in [2.05, 4.69) is 4.98 Å². The number of hydrogen-bond donors (Lipinski definition) is 0. The van der Waals surface area contributed by atoms with Crippen molar-refractivity contribution in [2.75, 3.05) is 45.0 Å². The van der Waals surface area contributed by atoms with Crippen molar-refractivity contribution in [1.82, 2.24) is 14.5 Å².